The van der Waals surface area contributed by atoms with Crippen molar-refractivity contribution < 1.29 is 14.7 Å². The highest BCUT2D eigenvalue weighted by Gasteiger charge is 2.19. The molecule has 2 N–H and O–H groups in total. The summed E-state index contributed by atoms with van der Waals surface area (Å²) in [6, 6.07) is 26.9. The minimum atomic E-state index is -0.956. The number of carbonyl (C=O) groups is 2. The van der Waals surface area contributed by atoms with E-state index in [0.29, 0.717) is 17.7 Å². The second kappa shape index (κ2) is 9.06. The smallest absolute Gasteiger partial charge is 0.335 e. The molecule has 0 aromatic heterocycles. The maximum atomic E-state index is 13.2. The number of nitrogens with one attached hydrogen (secondary N) is 1. The van der Waals surface area contributed by atoms with Crippen LogP contribution in [-0.2, 0) is 11.2 Å². The van der Waals surface area contributed by atoms with E-state index in [4.69, 9.17) is 0 Å². The largest absolute Gasteiger partial charge is 0.478 e. The van der Waals surface area contributed by atoms with Crippen molar-refractivity contribution in [3.63, 3.8) is 0 Å². The van der Waals surface area contributed by atoms with Crippen molar-refractivity contribution in [1.82, 2.24) is 0 Å². The normalized spacial score (nSPS) is 11.8. The lowest BCUT2D eigenvalue weighted by molar-refractivity contribution is -0.117. The van der Waals surface area contributed by atoms with E-state index < -0.39 is 5.97 Å². The molecule has 0 aliphatic carbocycles. The molecule has 0 bridgehead atoms. The zero-order valence-electron chi connectivity index (χ0n) is 18.1. The molecular formula is C28H25NO3. The Labute approximate surface area is 187 Å². The van der Waals surface area contributed by atoms with Gasteiger partial charge >= 0.3 is 5.97 Å². The Morgan fingerprint density at radius 2 is 1.59 bits per heavy atom. The fraction of sp³-hybridized carbons (Fsp3) is 0.143. The van der Waals surface area contributed by atoms with Crippen molar-refractivity contribution in [2.45, 2.75) is 26.2 Å². The molecule has 4 rings (SSSR count). The lowest BCUT2D eigenvalue weighted by atomic mass is 9.93. The van der Waals surface area contributed by atoms with Crippen molar-refractivity contribution in [2.24, 2.45) is 0 Å². The number of carboxylic acid groups (broad SMARTS) is 1. The van der Waals surface area contributed by atoms with E-state index >= 15 is 0 Å². The highest BCUT2D eigenvalue weighted by Crippen LogP contribution is 2.28. The van der Waals surface area contributed by atoms with Gasteiger partial charge in [-0.15, -0.1) is 0 Å². The summed E-state index contributed by atoms with van der Waals surface area (Å²) in [5, 5.41) is 14.8. The molecule has 1 unspecified atom stereocenters. The number of hydrogen-bond acceptors (Lipinski definition) is 2. The van der Waals surface area contributed by atoms with E-state index in [1.807, 2.05) is 86.6 Å². The Morgan fingerprint density at radius 1 is 0.875 bits per heavy atom. The minimum Gasteiger partial charge on any atom is -0.478 e. The van der Waals surface area contributed by atoms with Crippen LogP contribution in [0.3, 0.4) is 0 Å². The summed E-state index contributed by atoms with van der Waals surface area (Å²) in [5.74, 6) is -1.40. The predicted molar refractivity (Wildman–Crippen MR) is 128 cm³/mol. The highest BCUT2D eigenvalue weighted by atomic mass is 16.4. The maximum Gasteiger partial charge on any atom is 0.335 e. The molecule has 0 aliphatic rings. The number of carbonyl (C=O) groups excluding carboxylic acids is 1. The molecule has 4 nitrogen and oxygen atoms in total. The third-order valence-corrected chi connectivity index (χ3v) is 5.84. The molecule has 1 amide bonds. The molecule has 0 aliphatic heterocycles. The Balaban J connectivity index is 1.64. The first-order chi connectivity index (χ1) is 15.4. The molecule has 0 saturated heterocycles. The summed E-state index contributed by atoms with van der Waals surface area (Å²) in [4.78, 5) is 24.9. The maximum absolute atomic E-state index is 13.2. The summed E-state index contributed by atoms with van der Waals surface area (Å²) in [5.41, 5.74) is 4.57. The standard InChI is InChI=1S/C28H25NO3/c1-18-14-15-22(17-21-9-4-6-12-25(21)28(31)32)26(16-18)29-27(30)19(2)23-13-7-10-20-8-3-5-11-24(20)23/h3-16,19H,17H2,1-2H3,(H,29,30)(H,31,32). The van der Waals surface area contributed by atoms with Crippen molar-refractivity contribution >= 4 is 28.3 Å². The van der Waals surface area contributed by atoms with Crippen LogP contribution in [0.2, 0.25) is 0 Å². The van der Waals surface area contributed by atoms with E-state index in [0.717, 1.165) is 27.5 Å². The zero-order chi connectivity index (χ0) is 22.7. The van der Waals surface area contributed by atoms with Gasteiger partial charge in [-0.1, -0.05) is 72.8 Å². The van der Waals surface area contributed by atoms with Crippen molar-refractivity contribution in [1.29, 1.82) is 0 Å². The van der Waals surface area contributed by atoms with Gasteiger partial charge in [0.1, 0.15) is 0 Å². The van der Waals surface area contributed by atoms with E-state index in [1.54, 1.807) is 12.1 Å². The van der Waals surface area contributed by atoms with Crippen molar-refractivity contribution in [3.05, 3.63) is 113 Å². The number of carboxylic acids is 1. The molecule has 160 valence electrons. The average molecular weight is 424 g/mol. The van der Waals surface area contributed by atoms with E-state index in [9.17, 15) is 14.7 Å². The van der Waals surface area contributed by atoms with Crippen LogP contribution in [0.15, 0.2) is 84.9 Å². The Kier molecular flexibility index (Phi) is 6.04. The summed E-state index contributed by atoms with van der Waals surface area (Å²) in [6.07, 6.45) is 0.418. The molecule has 0 fully saturated rings. The minimum absolute atomic E-state index is 0.0975. The molecule has 4 aromatic carbocycles. The summed E-state index contributed by atoms with van der Waals surface area (Å²) < 4.78 is 0. The second-order valence-electron chi connectivity index (χ2n) is 8.08. The van der Waals surface area contributed by atoms with Crippen LogP contribution in [-0.4, -0.2) is 17.0 Å². The number of aryl methyl sites for hydroxylation is 1. The third-order valence-electron chi connectivity index (χ3n) is 5.84. The number of amides is 1. The summed E-state index contributed by atoms with van der Waals surface area (Å²) in [7, 11) is 0. The molecular weight excluding hydrogens is 398 g/mol. The lowest BCUT2D eigenvalue weighted by Crippen LogP contribution is -2.20. The van der Waals surface area contributed by atoms with Gasteiger partial charge in [-0.05, 0) is 59.0 Å². The number of fused-ring (bicyclic) bond motifs is 1. The monoisotopic (exact) mass is 423 g/mol. The van der Waals surface area contributed by atoms with Gasteiger partial charge < -0.3 is 10.4 Å². The van der Waals surface area contributed by atoms with Crippen LogP contribution in [0.4, 0.5) is 5.69 Å². The SMILES string of the molecule is Cc1ccc(Cc2ccccc2C(=O)O)c(NC(=O)C(C)c2cccc3ccccc23)c1. The van der Waals surface area contributed by atoms with Crippen molar-refractivity contribution in [2.75, 3.05) is 5.32 Å². The highest BCUT2D eigenvalue weighted by molar-refractivity contribution is 6.00. The van der Waals surface area contributed by atoms with Crippen LogP contribution < -0.4 is 5.32 Å². The summed E-state index contributed by atoms with van der Waals surface area (Å²) >= 11 is 0. The summed E-state index contributed by atoms with van der Waals surface area (Å²) in [6.45, 7) is 3.88. The Morgan fingerprint density at radius 3 is 2.41 bits per heavy atom. The van der Waals surface area contributed by atoms with E-state index in [2.05, 4.69) is 5.32 Å². The molecule has 4 heteroatoms. The van der Waals surface area contributed by atoms with Gasteiger partial charge in [-0.3, -0.25) is 4.79 Å². The molecule has 32 heavy (non-hydrogen) atoms. The molecule has 0 radical (unpaired) electrons. The fourth-order valence-corrected chi connectivity index (χ4v) is 4.06. The van der Waals surface area contributed by atoms with Gasteiger partial charge in [0.15, 0.2) is 0 Å². The first-order valence-electron chi connectivity index (χ1n) is 10.6. The molecule has 0 spiro atoms. The second-order valence-corrected chi connectivity index (χ2v) is 8.08. The Bertz CT molecular complexity index is 1300. The van der Waals surface area contributed by atoms with E-state index in [-0.39, 0.29) is 17.4 Å². The Hall–Kier alpha value is -3.92. The van der Waals surface area contributed by atoms with Crippen LogP contribution in [0.25, 0.3) is 10.8 Å². The number of rotatable bonds is 6. The van der Waals surface area contributed by atoms with Crippen LogP contribution in [0.5, 0.6) is 0 Å². The van der Waals surface area contributed by atoms with Gasteiger partial charge in [0, 0.05) is 12.1 Å². The van der Waals surface area contributed by atoms with Gasteiger partial charge in [0.25, 0.3) is 0 Å². The fourth-order valence-electron chi connectivity index (χ4n) is 4.06. The number of benzene rings is 4. The third kappa shape index (κ3) is 4.40. The van der Waals surface area contributed by atoms with Crippen LogP contribution >= 0.6 is 0 Å². The zero-order valence-corrected chi connectivity index (χ0v) is 18.1. The van der Waals surface area contributed by atoms with Gasteiger partial charge in [0.05, 0.1) is 11.5 Å². The predicted octanol–water partition coefficient (Wildman–Crippen LogP) is 6.18. The molecule has 0 saturated carbocycles. The molecule has 4 aromatic rings. The topological polar surface area (TPSA) is 66.4 Å². The number of anilines is 1. The van der Waals surface area contributed by atoms with E-state index in [1.165, 1.54) is 0 Å². The van der Waals surface area contributed by atoms with Crippen LogP contribution in [0, 0.1) is 6.92 Å². The van der Waals surface area contributed by atoms with Crippen LogP contribution in [0.1, 0.15) is 45.5 Å². The lowest BCUT2D eigenvalue weighted by Gasteiger charge is -2.18. The van der Waals surface area contributed by atoms with Crippen molar-refractivity contribution in [3.8, 4) is 0 Å². The van der Waals surface area contributed by atoms with Gasteiger partial charge in [-0.25, -0.2) is 4.79 Å². The molecule has 0 heterocycles. The molecule has 1 atom stereocenters. The van der Waals surface area contributed by atoms with Gasteiger partial charge in [0.2, 0.25) is 5.91 Å². The number of hydrogen-bond donors (Lipinski definition) is 2. The number of aromatic carboxylic acids is 1. The van der Waals surface area contributed by atoms with Gasteiger partial charge in [-0.2, -0.15) is 0 Å². The quantitative estimate of drug-likeness (QED) is 0.389. The first kappa shape index (κ1) is 21.3. The average Bonchev–Trinajstić information content (AvgIpc) is 2.80. The first-order valence-corrected chi connectivity index (χ1v) is 10.6.